The molecule has 0 atom stereocenters. The maximum Gasteiger partial charge on any atom is 0.345 e. The van der Waals surface area contributed by atoms with Crippen LogP contribution in [0.5, 0.6) is 0 Å². The summed E-state index contributed by atoms with van der Waals surface area (Å²) >= 11 is 12.6. The molecule has 0 aliphatic carbocycles. The van der Waals surface area contributed by atoms with E-state index in [4.69, 9.17) is 27.7 Å². The van der Waals surface area contributed by atoms with E-state index in [9.17, 15) is 9.59 Å². The quantitative estimate of drug-likeness (QED) is 0.343. The second-order valence-corrected chi connectivity index (χ2v) is 7.76. The summed E-state index contributed by atoms with van der Waals surface area (Å²) in [4.78, 5) is 27.5. The summed E-state index contributed by atoms with van der Waals surface area (Å²) < 4.78 is 5.22. The van der Waals surface area contributed by atoms with Crippen molar-refractivity contribution in [3.8, 4) is 11.3 Å². The number of aryl methyl sites for hydroxylation is 1. The Labute approximate surface area is 199 Å². The van der Waals surface area contributed by atoms with Crippen LogP contribution in [-0.4, -0.2) is 17.1 Å². The number of halogens is 2. The number of hydrogen-bond acceptors (Lipinski definition) is 4. The maximum absolute atomic E-state index is 13.1. The second kappa shape index (κ2) is 9.77. The topological polar surface area (TPSA) is 87.5 Å². The van der Waals surface area contributed by atoms with E-state index in [1.165, 1.54) is 4.90 Å². The van der Waals surface area contributed by atoms with Crippen LogP contribution >= 0.6 is 23.2 Å². The van der Waals surface area contributed by atoms with Crippen LogP contribution in [-0.2, 0) is 0 Å². The summed E-state index contributed by atoms with van der Waals surface area (Å²) in [6, 6.07) is 22.5. The van der Waals surface area contributed by atoms with Gasteiger partial charge in [-0.25, -0.2) is 10.2 Å². The molecule has 1 aromatic heterocycles. The summed E-state index contributed by atoms with van der Waals surface area (Å²) in [5.74, 6) is -0.384. The van der Waals surface area contributed by atoms with E-state index in [0.717, 1.165) is 0 Å². The zero-order valence-corrected chi connectivity index (χ0v) is 18.9. The molecule has 33 heavy (non-hydrogen) atoms. The molecule has 4 rings (SSSR count). The van der Waals surface area contributed by atoms with Gasteiger partial charge in [-0.3, -0.25) is 15.1 Å². The lowest BCUT2D eigenvalue weighted by molar-refractivity contribution is 0.0936. The van der Waals surface area contributed by atoms with Crippen molar-refractivity contribution >= 4 is 46.5 Å². The summed E-state index contributed by atoms with van der Waals surface area (Å²) in [7, 11) is 0. The zero-order chi connectivity index (χ0) is 23.4. The molecule has 0 saturated heterocycles. The van der Waals surface area contributed by atoms with Gasteiger partial charge in [0.15, 0.2) is 0 Å². The minimum Gasteiger partial charge on any atom is -0.360 e. The number of nitrogens with zero attached hydrogens (tertiary/aromatic N) is 2. The molecular weight excluding hydrogens is 463 g/mol. The Balaban J connectivity index is 1.59. The van der Waals surface area contributed by atoms with Crippen LogP contribution in [0.4, 0.5) is 16.2 Å². The summed E-state index contributed by atoms with van der Waals surface area (Å²) in [5.41, 5.74) is 6.79. The van der Waals surface area contributed by atoms with E-state index in [1.807, 2.05) is 36.4 Å². The van der Waals surface area contributed by atoms with Gasteiger partial charge < -0.3 is 4.52 Å². The van der Waals surface area contributed by atoms with Crippen molar-refractivity contribution in [1.82, 2.24) is 16.0 Å². The van der Waals surface area contributed by atoms with E-state index < -0.39 is 11.9 Å². The maximum atomic E-state index is 13.1. The summed E-state index contributed by atoms with van der Waals surface area (Å²) in [5, 5.41) is 4.58. The average molecular weight is 481 g/mol. The van der Waals surface area contributed by atoms with E-state index in [1.54, 1.807) is 49.4 Å². The zero-order valence-electron chi connectivity index (χ0n) is 17.4. The first-order chi connectivity index (χ1) is 16.0. The highest BCUT2D eigenvalue weighted by Crippen LogP contribution is 2.36. The highest BCUT2D eigenvalue weighted by Gasteiger charge is 2.26. The Morgan fingerprint density at radius 3 is 1.91 bits per heavy atom. The van der Waals surface area contributed by atoms with Crippen molar-refractivity contribution in [1.29, 1.82) is 0 Å². The van der Waals surface area contributed by atoms with Crippen molar-refractivity contribution in [2.75, 3.05) is 4.90 Å². The fraction of sp³-hybridized carbons (Fsp3) is 0.0417. The molecule has 2 N–H and O–H groups in total. The first-order valence-electron chi connectivity index (χ1n) is 9.88. The standard InChI is InChI=1S/C24H18Cl2N4O3/c1-15-20(22(29-33-15)21-18(25)13-8-14-19(21)26)23(31)27-28-24(32)30(16-9-4-2-5-10-16)17-11-6-3-7-12-17/h2-14H,1H3,(H,27,31)(H,28,32). The van der Waals surface area contributed by atoms with Gasteiger partial charge in [0.1, 0.15) is 17.0 Å². The van der Waals surface area contributed by atoms with Crippen LogP contribution < -0.4 is 15.8 Å². The number of aromatic nitrogens is 1. The number of para-hydroxylation sites is 2. The third-order valence-electron chi connectivity index (χ3n) is 4.80. The molecule has 0 fully saturated rings. The van der Waals surface area contributed by atoms with Crippen molar-refractivity contribution in [2.45, 2.75) is 6.92 Å². The summed E-state index contributed by atoms with van der Waals surface area (Å²) in [6.45, 7) is 1.58. The minimum absolute atomic E-state index is 0.108. The van der Waals surface area contributed by atoms with Crippen molar-refractivity contribution < 1.29 is 14.1 Å². The fourth-order valence-corrected chi connectivity index (χ4v) is 3.88. The molecule has 9 heteroatoms. The fourth-order valence-electron chi connectivity index (χ4n) is 3.30. The summed E-state index contributed by atoms with van der Waals surface area (Å²) in [6.07, 6.45) is 0. The molecule has 166 valence electrons. The molecule has 7 nitrogen and oxygen atoms in total. The van der Waals surface area contributed by atoms with Crippen LogP contribution in [0.1, 0.15) is 16.1 Å². The minimum atomic E-state index is -0.630. The van der Waals surface area contributed by atoms with Crippen molar-refractivity contribution in [3.05, 3.63) is 100 Å². The van der Waals surface area contributed by atoms with Crippen LogP contribution in [0.2, 0.25) is 10.0 Å². The largest absolute Gasteiger partial charge is 0.360 e. The predicted molar refractivity (Wildman–Crippen MR) is 128 cm³/mol. The third kappa shape index (κ3) is 4.69. The van der Waals surface area contributed by atoms with Crippen LogP contribution in [0.15, 0.2) is 83.4 Å². The Bertz CT molecular complexity index is 1230. The van der Waals surface area contributed by atoms with Gasteiger partial charge in [0.05, 0.1) is 21.4 Å². The Kier molecular flexibility index (Phi) is 6.63. The highest BCUT2D eigenvalue weighted by atomic mass is 35.5. The van der Waals surface area contributed by atoms with E-state index in [-0.39, 0.29) is 17.0 Å². The lowest BCUT2D eigenvalue weighted by Gasteiger charge is -2.23. The Morgan fingerprint density at radius 1 is 0.818 bits per heavy atom. The molecule has 0 aliphatic rings. The molecule has 0 aliphatic heterocycles. The average Bonchev–Trinajstić information content (AvgIpc) is 3.20. The Morgan fingerprint density at radius 2 is 1.36 bits per heavy atom. The number of urea groups is 1. The molecular formula is C24H18Cl2N4O3. The van der Waals surface area contributed by atoms with Gasteiger partial charge in [-0.15, -0.1) is 0 Å². The van der Waals surface area contributed by atoms with Crippen LogP contribution in [0.3, 0.4) is 0 Å². The van der Waals surface area contributed by atoms with Crippen molar-refractivity contribution in [2.24, 2.45) is 0 Å². The number of carbonyl (C=O) groups excluding carboxylic acids is 2. The van der Waals surface area contributed by atoms with Gasteiger partial charge in [-0.1, -0.05) is 70.8 Å². The molecule has 3 aromatic carbocycles. The van der Waals surface area contributed by atoms with E-state index >= 15 is 0 Å². The number of anilines is 2. The number of hydrazine groups is 1. The monoisotopic (exact) mass is 480 g/mol. The number of rotatable bonds is 4. The Hall–Kier alpha value is -3.81. The molecule has 0 unspecified atom stereocenters. The van der Waals surface area contributed by atoms with Crippen LogP contribution in [0.25, 0.3) is 11.3 Å². The predicted octanol–water partition coefficient (Wildman–Crippen LogP) is 6.15. The van der Waals surface area contributed by atoms with Gasteiger partial charge in [0.25, 0.3) is 5.91 Å². The van der Waals surface area contributed by atoms with Crippen LogP contribution in [0, 0.1) is 6.92 Å². The lowest BCUT2D eigenvalue weighted by atomic mass is 10.1. The lowest BCUT2D eigenvalue weighted by Crippen LogP contribution is -2.47. The molecule has 0 radical (unpaired) electrons. The second-order valence-electron chi connectivity index (χ2n) is 6.95. The smallest absolute Gasteiger partial charge is 0.345 e. The number of amides is 3. The van der Waals surface area contributed by atoms with Crippen molar-refractivity contribution in [3.63, 3.8) is 0 Å². The number of hydrogen-bond donors (Lipinski definition) is 2. The first-order valence-corrected chi connectivity index (χ1v) is 10.6. The van der Waals surface area contributed by atoms with Gasteiger partial charge >= 0.3 is 6.03 Å². The highest BCUT2D eigenvalue weighted by molar-refractivity contribution is 6.39. The number of nitrogens with one attached hydrogen (secondary N) is 2. The van der Waals surface area contributed by atoms with Gasteiger partial charge in [-0.2, -0.15) is 0 Å². The molecule has 0 spiro atoms. The first kappa shape index (κ1) is 22.4. The number of benzene rings is 3. The SMILES string of the molecule is Cc1onc(-c2c(Cl)cccc2Cl)c1C(=O)NNC(=O)N(c1ccccc1)c1ccccc1. The van der Waals surface area contributed by atoms with E-state index in [2.05, 4.69) is 16.0 Å². The van der Waals surface area contributed by atoms with Gasteiger partial charge in [-0.05, 0) is 43.3 Å². The van der Waals surface area contributed by atoms with Gasteiger partial charge in [0.2, 0.25) is 0 Å². The van der Waals surface area contributed by atoms with E-state index in [0.29, 0.717) is 27.0 Å². The van der Waals surface area contributed by atoms with Gasteiger partial charge in [0, 0.05) is 5.56 Å². The molecule has 0 saturated carbocycles. The third-order valence-corrected chi connectivity index (χ3v) is 5.43. The normalized spacial score (nSPS) is 10.5. The number of carbonyl (C=O) groups is 2. The molecule has 3 amide bonds. The molecule has 4 aromatic rings. The molecule has 1 heterocycles. The molecule has 0 bridgehead atoms.